The van der Waals surface area contributed by atoms with Gasteiger partial charge >= 0.3 is 0 Å². The van der Waals surface area contributed by atoms with Gasteiger partial charge in [0, 0.05) is 30.4 Å². The van der Waals surface area contributed by atoms with E-state index in [0.717, 1.165) is 18.4 Å². The summed E-state index contributed by atoms with van der Waals surface area (Å²) in [5.41, 5.74) is 4.50. The van der Waals surface area contributed by atoms with Crippen LogP contribution in [0.4, 0.5) is 0 Å². The Labute approximate surface area is 152 Å². The van der Waals surface area contributed by atoms with Crippen molar-refractivity contribution < 1.29 is 0 Å². The molecular weight excluding hydrogens is 314 g/mol. The van der Waals surface area contributed by atoms with Crippen molar-refractivity contribution in [2.75, 3.05) is 33.2 Å². The van der Waals surface area contributed by atoms with Gasteiger partial charge < -0.3 is 10.6 Å². The molecule has 0 amide bonds. The summed E-state index contributed by atoms with van der Waals surface area (Å²) in [6, 6.07) is 11.5. The van der Waals surface area contributed by atoms with Crippen LogP contribution in [0, 0.1) is 18.3 Å². The van der Waals surface area contributed by atoms with E-state index in [4.69, 9.17) is 6.42 Å². The van der Waals surface area contributed by atoms with Crippen molar-refractivity contribution in [1.29, 1.82) is 0 Å². The third-order valence-corrected chi connectivity index (χ3v) is 6.08. The summed E-state index contributed by atoms with van der Waals surface area (Å²) < 4.78 is 2.52. The molecule has 0 unspecified atom stereocenters. The third-order valence-electron chi connectivity index (χ3n) is 4.97. The lowest BCUT2D eigenvalue weighted by molar-refractivity contribution is 0.1000. The molecule has 0 aliphatic carbocycles. The first-order valence-electron chi connectivity index (χ1n) is 9.08. The van der Waals surface area contributed by atoms with Crippen LogP contribution in [-0.4, -0.2) is 48.5 Å². The Bertz CT molecular complexity index is 483. The van der Waals surface area contributed by atoms with Gasteiger partial charge in [0.15, 0.2) is 0 Å². The lowest BCUT2D eigenvalue weighted by Crippen LogP contribution is -2.46. The topological polar surface area (TPSA) is 32.5 Å². The highest BCUT2D eigenvalue weighted by atomic mass is 32.2. The average molecular weight is 346 g/mol. The molecule has 0 radical (unpaired) electrons. The fourth-order valence-corrected chi connectivity index (χ4v) is 4.59. The van der Waals surface area contributed by atoms with Gasteiger partial charge in [-0.25, -0.2) is 4.31 Å². The molecule has 24 heavy (non-hydrogen) atoms. The number of rotatable bonds is 4. The maximum absolute atomic E-state index is 5.44. The Kier molecular flexibility index (Phi) is 8.69. The quantitative estimate of drug-likeness (QED) is 0.669. The van der Waals surface area contributed by atoms with Gasteiger partial charge in [0.2, 0.25) is 0 Å². The summed E-state index contributed by atoms with van der Waals surface area (Å²) >= 11 is 1.91. The van der Waals surface area contributed by atoms with E-state index in [-0.39, 0.29) is 0 Å². The third kappa shape index (κ3) is 5.82. The van der Waals surface area contributed by atoms with E-state index in [9.17, 15) is 0 Å². The van der Waals surface area contributed by atoms with Crippen molar-refractivity contribution in [2.24, 2.45) is 11.7 Å². The second-order valence-electron chi connectivity index (χ2n) is 6.45. The van der Waals surface area contributed by atoms with Gasteiger partial charge in [-0.05, 0) is 75.8 Å². The number of likely N-dealkylation sites (tertiary alicyclic amines) is 1. The maximum atomic E-state index is 5.44. The van der Waals surface area contributed by atoms with Crippen molar-refractivity contribution in [2.45, 2.75) is 43.0 Å². The van der Waals surface area contributed by atoms with Gasteiger partial charge in [0.05, 0.1) is 0 Å². The smallest absolute Gasteiger partial charge is 0.0230 e. The van der Waals surface area contributed by atoms with Gasteiger partial charge in [-0.15, -0.1) is 12.3 Å². The first-order chi connectivity index (χ1) is 11.8. The number of terminal acetylenes is 1. The monoisotopic (exact) mass is 345 g/mol. The van der Waals surface area contributed by atoms with Crippen LogP contribution in [0.15, 0.2) is 35.2 Å². The van der Waals surface area contributed by atoms with Crippen molar-refractivity contribution in [3.63, 3.8) is 0 Å². The van der Waals surface area contributed by atoms with E-state index in [1.165, 1.54) is 63.8 Å². The van der Waals surface area contributed by atoms with E-state index in [2.05, 4.69) is 51.2 Å². The zero-order valence-corrected chi connectivity index (χ0v) is 15.7. The van der Waals surface area contributed by atoms with Crippen LogP contribution in [0.1, 0.15) is 32.1 Å². The number of hydrogen-bond donors (Lipinski definition) is 1. The molecule has 2 aliphatic heterocycles. The van der Waals surface area contributed by atoms with Crippen LogP contribution in [0.2, 0.25) is 0 Å². The van der Waals surface area contributed by atoms with Gasteiger partial charge in [0.25, 0.3) is 0 Å². The molecule has 0 spiro atoms. The minimum Gasteiger partial charge on any atom is -0.333 e. The van der Waals surface area contributed by atoms with E-state index in [1.54, 1.807) is 0 Å². The van der Waals surface area contributed by atoms with Crippen LogP contribution in [0.25, 0.3) is 0 Å². The minimum atomic E-state index is 0.773. The van der Waals surface area contributed by atoms with Gasteiger partial charge in [-0.3, -0.25) is 0 Å². The molecule has 2 heterocycles. The first-order valence-corrected chi connectivity index (χ1v) is 9.85. The number of nitrogens with two attached hydrogens (primary N) is 1. The van der Waals surface area contributed by atoms with Crippen LogP contribution in [-0.2, 0) is 0 Å². The molecule has 0 saturated carbocycles. The fourth-order valence-electron chi connectivity index (χ4n) is 3.62. The molecule has 2 fully saturated rings. The average Bonchev–Trinajstić information content (AvgIpc) is 2.66. The Balaban J connectivity index is 0.00000100. The second kappa shape index (κ2) is 10.8. The van der Waals surface area contributed by atoms with Crippen molar-refractivity contribution in [3.8, 4) is 12.3 Å². The standard InChI is InChI=1S/C19H26N2S.CH5N/c1-2-6-17-9-13-20(14-10-17)18-11-15-21(16-12-18)22-19-7-4-3-5-8-19;1-2/h1,3-5,7-8,17-18H,6,9-16H2;2H2,1H3. The molecule has 1 aromatic carbocycles. The van der Waals surface area contributed by atoms with Crippen LogP contribution >= 0.6 is 11.9 Å². The van der Waals surface area contributed by atoms with Gasteiger partial charge in [-0.2, -0.15) is 0 Å². The van der Waals surface area contributed by atoms with Crippen molar-refractivity contribution in [1.82, 2.24) is 9.21 Å². The normalized spacial score (nSPS) is 20.9. The summed E-state index contributed by atoms with van der Waals surface area (Å²) in [7, 11) is 1.50. The maximum Gasteiger partial charge on any atom is 0.0230 e. The molecule has 0 bridgehead atoms. The Morgan fingerprint density at radius 1 is 1.04 bits per heavy atom. The predicted octanol–water partition coefficient (Wildman–Crippen LogP) is 3.47. The SMILES string of the molecule is C#CCC1CCN(C2CCN(Sc3ccccc3)CC2)CC1.CN. The van der Waals surface area contributed by atoms with Crippen molar-refractivity contribution >= 4 is 11.9 Å². The Morgan fingerprint density at radius 2 is 1.67 bits per heavy atom. The number of piperidine rings is 2. The zero-order chi connectivity index (χ0) is 17.2. The number of nitrogens with zero attached hydrogens (tertiary/aromatic N) is 2. The highest BCUT2D eigenvalue weighted by Crippen LogP contribution is 2.29. The lowest BCUT2D eigenvalue weighted by Gasteiger charge is -2.41. The molecule has 4 heteroatoms. The highest BCUT2D eigenvalue weighted by Gasteiger charge is 2.28. The summed E-state index contributed by atoms with van der Waals surface area (Å²) in [6.07, 6.45) is 11.6. The van der Waals surface area contributed by atoms with Crippen LogP contribution in [0.5, 0.6) is 0 Å². The Hall–Kier alpha value is -0.990. The summed E-state index contributed by atoms with van der Waals surface area (Å²) in [5.74, 6) is 3.61. The molecule has 1 aromatic rings. The predicted molar refractivity (Wildman–Crippen MR) is 105 cm³/mol. The molecule has 2 aliphatic rings. The molecular formula is C20H31N3S. The Morgan fingerprint density at radius 3 is 2.25 bits per heavy atom. The van der Waals surface area contributed by atoms with E-state index >= 15 is 0 Å². The van der Waals surface area contributed by atoms with Crippen LogP contribution < -0.4 is 5.73 Å². The highest BCUT2D eigenvalue weighted by molar-refractivity contribution is 7.97. The molecule has 0 aromatic heterocycles. The number of hydrogen-bond acceptors (Lipinski definition) is 4. The van der Waals surface area contributed by atoms with Crippen molar-refractivity contribution in [3.05, 3.63) is 30.3 Å². The summed E-state index contributed by atoms with van der Waals surface area (Å²) in [4.78, 5) is 4.08. The molecule has 3 nitrogen and oxygen atoms in total. The molecule has 2 N–H and O–H groups in total. The van der Waals surface area contributed by atoms with Gasteiger partial charge in [-0.1, -0.05) is 18.2 Å². The number of benzene rings is 1. The molecule has 132 valence electrons. The van der Waals surface area contributed by atoms with Gasteiger partial charge in [0.1, 0.15) is 0 Å². The summed E-state index contributed by atoms with van der Waals surface area (Å²) in [5, 5.41) is 0. The minimum absolute atomic E-state index is 0.773. The zero-order valence-electron chi connectivity index (χ0n) is 14.9. The summed E-state index contributed by atoms with van der Waals surface area (Å²) in [6.45, 7) is 4.91. The van der Waals surface area contributed by atoms with Crippen LogP contribution in [0.3, 0.4) is 0 Å². The molecule has 0 atom stereocenters. The lowest BCUT2D eigenvalue weighted by atomic mass is 9.92. The van der Waals surface area contributed by atoms with E-state index in [1.807, 2.05) is 11.9 Å². The molecule has 2 saturated heterocycles. The fraction of sp³-hybridized carbons (Fsp3) is 0.600. The molecule has 3 rings (SSSR count). The largest absolute Gasteiger partial charge is 0.333 e. The first kappa shape index (κ1) is 19.3. The van der Waals surface area contributed by atoms with E-state index in [0.29, 0.717) is 0 Å². The second-order valence-corrected chi connectivity index (χ2v) is 7.62. The van der Waals surface area contributed by atoms with E-state index < -0.39 is 0 Å².